The summed E-state index contributed by atoms with van der Waals surface area (Å²) < 4.78 is 68.4. The van der Waals surface area contributed by atoms with E-state index in [-0.39, 0.29) is 25.7 Å². The average molecular weight is 1370 g/mol. The molecule has 0 rings (SSSR count). The highest BCUT2D eigenvalue weighted by Crippen LogP contribution is 2.45. The van der Waals surface area contributed by atoms with Crippen molar-refractivity contribution >= 4 is 39.5 Å². The third-order valence-corrected chi connectivity index (χ3v) is 18.2. The van der Waals surface area contributed by atoms with Gasteiger partial charge in [0.15, 0.2) is 12.2 Å². The standard InChI is InChI=1S/C75H138O17P2/c1-5-9-13-17-21-25-29-31-33-34-36-38-42-44-48-52-56-60-73(78)86-66-71(92-75(80)62-58-54-50-46-40-28-24-20-16-12-8-4)68-90-94(83,84)88-64-69(76)63-87-93(81,82)89-67-70(91-74(79)61-57-53-49-45-39-27-23-19-15-11-7-3)65-85-72(77)59-55-51-47-43-41-37-35-32-30-26-22-18-14-10-6-2/h9,13,21,25,31,33,36,38,69-71,76H,5-8,10-12,14-20,22-24,26-30,32,34-35,37,39-68H2,1-4H3,(H,81,82)(H,83,84)/b13-9-,25-21-,33-31-,38-36-. The van der Waals surface area contributed by atoms with Crippen LogP contribution in [0.1, 0.15) is 349 Å². The van der Waals surface area contributed by atoms with E-state index < -0.39 is 97.5 Å². The van der Waals surface area contributed by atoms with Crippen LogP contribution in [0.3, 0.4) is 0 Å². The highest BCUT2D eigenvalue weighted by atomic mass is 31.2. The minimum atomic E-state index is -4.96. The van der Waals surface area contributed by atoms with Gasteiger partial charge in [-0.1, -0.05) is 307 Å². The number of aliphatic hydroxyl groups excluding tert-OH is 1. The maximum absolute atomic E-state index is 13.0. The minimum absolute atomic E-state index is 0.0959. The van der Waals surface area contributed by atoms with Gasteiger partial charge in [0.2, 0.25) is 0 Å². The number of ether oxygens (including phenoxy) is 4. The van der Waals surface area contributed by atoms with E-state index in [1.165, 1.54) is 148 Å². The summed E-state index contributed by atoms with van der Waals surface area (Å²) in [7, 11) is -9.92. The van der Waals surface area contributed by atoms with Crippen molar-refractivity contribution in [2.45, 2.75) is 367 Å². The second-order valence-electron chi connectivity index (χ2n) is 25.6. The van der Waals surface area contributed by atoms with Crippen molar-refractivity contribution in [1.82, 2.24) is 0 Å². The molecule has 94 heavy (non-hydrogen) atoms. The molecule has 0 radical (unpaired) electrons. The zero-order valence-electron chi connectivity index (χ0n) is 59.9. The summed E-state index contributed by atoms with van der Waals surface area (Å²) in [6.45, 7) is 4.78. The van der Waals surface area contributed by atoms with Crippen LogP contribution in [-0.4, -0.2) is 96.7 Å². The van der Waals surface area contributed by atoms with Crippen LogP contribution in [0.2, 0.25) is 0 Å². The fourth-order valence-corrected chi connectivity index (χ4v) is 12.1. The predicted molar refractivity (Wildman–Crippen MR) is 381 cm³/mol. The molecular weight excluding hydrogens is 1230 g/mol. The number of hydrogen-bond donors (Lipinski definition) is 3. The first-order valence-electron chi connectivity index (χ1n) is 37.9. The number of esters is 4. The molecule has 0 fully saturated rings. The van der Waals surface area contributed by atoms with E-state index in [0.717, 1.165) is 122 Å². The summed E-state index contributed by atoms with van der Waals surface area (Å²) >= 11 is 0. The Balaban J connectivity index is 5.26. The molecule has 0 bridgehead atoms. The van der Waals surface area contributed by atoms with Gasteiger partial charge in [-0.15, -0.1) is 0 Å². The molecule has 19 heteroatoms. The lowest BCUT2D eigenvalue weighted by Crippen LogP contribution is -2.30. The van der Waals surface area contributed by atoms with Crippen LogP contribution >= 0.6 is 15.6 Å². The van der Waals surface area contributed by atoms with Crippen LogP contribution < -0.4 is 0 Å². The maximum atomic E-state index is 13.0. The van der Waals surface area contributed by atoms with Crippen LogP contribution in [0, 0.1) is 0 Å². The Morgan fingerprint density at radius 3 is 0.851 bits per heavy atom. The van der Waals surface area contributed by atoms with Crippen molar-refractivity contribution in [2.75, 3.05) is 39.6 Å². The summed E-state index contributed by atoms with van der Waals surface area (Å²) in [5, 5.41) is 10.6. The normalized spacial score (nSPS) is 14.2. The van der Waals surface area contributed by atoms with Crippen LogP contribution in [0.5, 0.6) is 0 Å². The lowest BCUT2D eigenvalue weighted by Gasteiger charge is -2.21. The molecule has 5 atom stereocenters. The summed E-state index contributed by atoms with van der Waals surface area (Å²) in [5.74, 6) is -2.16. The van der Waals surface area contributed by atoms with Gasteiger partial charge in [0.1, 0.15) is 19.3 Å². The number of carbonyl (C=O) groups excluding carboxylic acids is 4. The molecule has 0 aromatic heterocycles. The molecule has 0 heterocycles. The highest BCUT2D eigenvalue weighted by molar-refractivity contribution is 7.47. The molecular formula is C75H138O17P2. The maximum Gasteiger partial charge on any atom is 0.472 e. The van der Waals surface area contributed by atoms with Gasteiger partial charge in [-0.25, -0.2) is 9.13 Å². The molecule has 0 aliphatic carbocycles. The number of allylic oxidation sites excluding steroid dienone is 8. The van der Waals surface area contributed by atoms with E-state index in [9.17, 15) is 43.2 Å². The molecule has 0 saturated carbocycles. The molecule has 0 aromatic rings. The summed E-state index contributed by atoms with van der Waals surface area (Å²) in [4.78, 5) is 72.7. The van der Waals surface area contributed by atoms with Crippen LogP contribution in [0.25, 0.3) is 0 Å². The zero-order chi connectivity index (χ0) is 69.0. The highest BCUT2D eigenvalue weighted by Gasteiger charge is 2.30. The van der Waals surface area contributed by atoms with Gasteiger partial charge in [0.05, 0.1) is 26.4 Å². The molecule has 3 N–H and O–H groups in total. The Bertz CT molecular complexity index is 1980. The monoisotopic (exact) mass is 1370 g/mol. The fraction of sp³-hybridized carbons (Fsp3) is 0.840. The minimum Gasteiger partial charge on any atom is -0.462 e. The quantitative estimate of drug-likeness (QED) is 0.0169. The number of carbonyl (C=O) groups is 4. The second-order valence-corrected chi connectivity index (χ2v) is 28.5. The van der Waals surface area contributed by atoms with Crippen molar-refractivity contribution in [2.24, 2.45) is 0 Å². The van der Waals surface area contributed by atoms with Gasteiger partial charge in [0, 0.05) is 25.7 Å². The molecule has 0 aliphatic heterocycles. The second kappa shape index (κ2) is 68.5. The van der Waals surface area contributed by atoms with Gasteiger partial charge in [-0.3, -0.25) is 37.3 Å². The van der Waals surface area contributed by atoms with E-state index in [2.05, 4.69) is 76.3 Å². The summed E-state index contributed by atoms with van der Waals surface area (Å²) in [6, 6.07) is 0. The van der Waals surface area contributed by atoms with Crippen LogP contribution in [-0.2, 0) is 65.4 Å². The van der Waals surface area contributed by atoms with E-state index in [0.29, 0.717) is 25.7 Å². The molecule has 0 aliphatic rings. The first-order chi connectivity index (χ1) is 45.7. The van der Waals surface area contributed by atoms with Gasteiger partial charge < -0.3 is 33.8 Å². The number of hydrogen-bond acceptors (Lipinski definition) is 15. The average Bonchev–Trinajstić information content (AvgIpc) is 1.32. The lowest BCUT2D eigenvalue weighted by atomic mass is 10.0. The predicted octanol–water partition coefficient (Wildman–Crippen LogP) is 21.3. The van der Waals surface area contributed by atoms with Crippen molar-refractivity contribution in [1.29, 1.82) is 0 Å². The van der Waals surface area contributed by atoms with Crippen LogP contribution in [0.4, 0.5) is 0 Å². The molecule has 0 saturated heterocycles. The SMILES string of the molecule is CC/C=C\C/C=C\C/C=C\C/C=C\CCCCCCC(=O)OCC(COP(=O)(O)OCC(O)COP(=O)(O)OCC(COC(=O)CCCCCCCCCCCCCCCCC)OC(=O)CCCCCCCCCCCCC)OC(=O)CCCCCCCCCCCCC. The number of rotatable bonds is 72. The van der Waals surface area contributed by atoms with Gasteiger partial charge in [-0.2, -0.15) is 0 Å². The lowest BCUT2D eigenvalue weighted by molar-refractivity contribution is -0.161. The number of phosphoric acid groups is 2. The van der Waals surface area contributed by atoms with Gasteiger partial charge in [-0.05, 0) is 64.2 Å². The third-order valence-electron chi connectivity index (χ3n) is 16.3. The van der Waals surface area contributed by atoms with Crippen molar-refractivity contribution < 1.29 is 80.2 Å². The molecule has 5 unspecified atom stereocenters. The van der Waals surface area contributed by atoms with E-state index in [4.69, 9.17) is 37.0 Å². The topological polar surface area (TPSA) is 237 Å². The van der Waals surface area contributed by atoms with E-state index in [1.807, 2.05) is 0 Å². The molecule has 0 aromatic carbocycles. The van der Waals surface area contributed by atoms with Crippen molar-refractivity contribution in [3.8, 4) is 0 Å². The van der Waals surface area contributed by atoms with E-state index in [1.54, 1.807) is 0 Å². The largest absolute Gasteiger partial charge is 0.472 e. The first kappa shape index (κ1) is 91.0. The Morgan fingerprint density at radius 1 is 0.309 bits per heavy atom. The molecule has 17 nitrogen and oxygen atoms in total. The summed E-state index contributed by atoms with van der Waals surface area (Å²) in [5.41, 5.74) is 0. The third kappa shape index (κ3) is 67.6. The summed E-state index contributed by atoms with van der Waals surface area (Å²) in [6.07, 6.45) is 63.9. The van der Waals surface area contributed by atoms with Crippen molar-refractivity contribution in [3.05, 3.63) is 48.6 Å². The van der Waals surface area contributed by atoms with Crippen LogP contribution in [0.15, 0.2) is 48.6 Å². The number of phosphoric ester groups is 2. The molecule has 0 amide bonds. The van der Waals surface area contributed by atoms with Crippen molar-refractivity contribution in [3.63, 3.8) is 0 Å². The molecule has 0 spiro atoms. The smallest absolute Gasteiger partial charge is 0.462 e. The number of unbranched alkanes of at least 4 members (excludes halogenated alkanes) is 38. The van der Waals surface area contributed by atoms with Gasteiger partial charge in [0.25, 0.3) is 0 Å². The zero-order valence-corrected chi connectivity index (χ0v) is 61.7. The van der Waals surface area contributed by atoms with E-state index >= 15 is 0 Å². The Kier molecular flexibility index (Phi) is 66.4. The van der Waals surface area contributed by atoms with Gasteiger partial charge >= 0.3 is 39.5 Å². The Morgan fingerprint density at radius 2 is 0.553 bits per heavy atom. The first-order valence-corrected chi connectivity index (χ1v) is 40.9. The fourth-order valence-electron chi connectivity index (χ4n) is 10.6. The molecule has 550 valence electrons. The Labute approximate surface area is 572 Å². The number of aliphatic hydroxyl groups is 1. The Hall–Kier alpha value is -2.98.